The van der Waals surface area contributed by atoms with Crippen LogP contribution in [0.4, 0.5) is 5.69 Å². The molecule has 3 fully saturated rings. The third-order valence-electron chi connectivity index (χ3n) is 12.1. The topological polar surface area (TPSA) is 161 Å². The van der Waals surface area contributed by atoms with Gasteiger partial charge in [-0.1, -0.05) is 66.7 Å². The SMILES string of the molecule is O=C(Cc1ccc(CC(=O)Nc2ccc(CNC[C@H](O)c3ccc(O)c4[nH]c(=O)ccc34)cc2)cc1)CC1(C(=O)O[C@H]2CN3CCC2CC3)CCc2ccccc21. The largest absolute Gasteiger partial charge is 0.506 e. The Labute approximate surface area is 331 Å². The molecule has 0 radical (unpaired) electrons. The summed E-state index contributed by atoms with van der Waals surface area (Å²) in [5.41, 5.74) is 4.88. The second kappa shape index (κ2) is 16.5. The predicted molar refractivity (Wildman–Crippen MR) is 217 cm³/mol. The summed E-state index contributed by atoms with van der Waals surface area (Å²) in [6.07, 6.45) is 2.89. The number of anilines is 1. The third-order valence-corrected chi connectivity index (χ3v) is 12.1. The van der Waals surface area contributed by atoms with Gasteiger partial charge >= 0.3 is 5.97 Å². The number of piperidine rings is 3. The fourth-order valence-electron chi connectivity index (χ4n) is 8.96. The summed E-state index contributed by atoms with van der Waals surface area (Å²) in [6.45, 7) is 3.62. The Bertz CT molecular complexity index is 2330. The Kier molecular flexibility index (Phi) is 11.1. The number of benzene rings is 4. The molecule has 11 heteroatoms. The maximum Gasteiger partial charge on any atom is 0.317 e. The van der Waals surface area contributed by atoms with Crippen LogP contribution in [0.1, 0.15) is 65.2 Å². The van der Waals surface area contributed by atoms with Gasteiger partial charge in [-0.3, -0.25) is 24.1 Å². The summed E-state index contributed by atoms with van der Waals surface area (Å²) >= 11 is 0. The molecule has 57 heavy (non-hydrogen) atoms. The zero-order valence-corrected chi connectivity index (χ0v) is 31.8. The number of nitrogens with zero attached hydrogens (tertiary/aromatic N) is 1. The number of aromatic amines is 1. The number of carbonyl (C=O) groups excluding carboxylic acids is 3. The summed E-state index contributed by atoms with van der Waals surface area (Å²) in [5.74, 6) is -0.107. The number of phenols is 1. The van der Waals surface area contributed by atoms with E-state index in [1.54, 1.807) is 12.1 Å². The number of aliphatic hydroxyl groups is 1. The standard InChI is InChI=1S/C46H48N4O7/c51-35(25-46(20-17-32-3-1-2-4-38(32)46)45(56)57-41-28-50-21-18-33(41)19-22-50)23-29-5-7-30(8-6-29)24-43(55)48-34-11-9-31(10-12-34)26-47-27-40(53)36-13-15-39(52)44-37(36)14-16-42(54)49-44/h1-16,33,40-41,47,52-53H,17-28H2,(H,48,55)(H,49,54)/t40-,41-,46?/m0/s1. The van der Waals surface area contributed by atoms with E-state index in [0.717, 1.165) is 66.7 Å². The average molecular weight is 769 g/mol. The van der Waals surface area contributed by atoms with E-state index in [4.69, 9.17) is 4.74 Å². The van der Waals surface area contributed by atoms with Crippen LogP contribution < -0.4 is 16.2 Å². The van der Waals surface area contributed by atoms with Crippen molar-refractivity contribution in [3.05, 3.63) is 141 Å². The molecule has 4 heterocycles. The molecule has 4 aromatic carbocycles. The van der Waals surface area contributed by atoms with Gasteiger partial charge in [0, 0.05) is 49.6 Å². The second-order valence-electron chi connectivity index (χ2n) is 15.9. The van der Waals surface area contributed by atoms with Gasteiger partial charge in [0.15, 0.2) is 0 Å². The van der Waals surface area contributed by atoms with Crippen LogP contribution in [0.2, 0.25) is 0 Å². The molecule has 0 spiro atoms. The number of pyridine rings is 1. The maximum absolute atomic E-state index is 14.1. The van der Waals surface area contributed by atoms with E-state index in [-0.39, 0.29) is 66.4 Å². The maximum atomic E-state index is 14.1. The number of hydrogen-bond acceptors (Lipinski definition) is 9. The number of aromatic hydroxyl groups is 1. The first-order valence-electron chi connectivity index (χ1n) is 19.9. The lowest BCUT2D eigenvalue weighted by atomic mass is 9.76. The predicted octanol–water partition coefficient (Wildman–Crippen LogP) is 5.26. The summed E-state index contributed by atoms with van der Waals surface area (Å²) < 4.78 is 6.28. The number of hydrogen-bond donors (Lipinski definition) is 5. The summed E-state index contributed by atoms with van der Waals surface area (Å²) in [6, 6.07) is 28.9. The van der Waals surface area contributed by atoms with Crippen LogP contribution >= 0.6 is 0 Å². The number of aliphatic hydroxyl groups excluding tert-OH is 1. The first-order valence-corrected chi connectivity index (χ1v) is 19.9. The zero-order valence-electron chi connectivity index (χ0n) is 31.8. The molecule has 4 aliphatic rings. The van der Waals surface area contributed by atoms with Crippen LogP contribution in [0, 0.1) is 5.92 Å². The van der Waals surface area contributed by atoms with E-state index in [0.29, 0.717) is 35.5 Å². The molecule has 2 bridgehead atoms. The molecule has 3 saturated heterocycles. The molecule has 3 aliphatic heterocycles. The number of fused-ring (bicyclic) bond motifs is 5. The highest BCUT2D eigenvalue weighted by Gasteiger charge is 2.49. The number of Topliss-reactive ketones (excluding diaryl/α,β-unsaturated/α-hetero) is 1. The number of phenolic OH excluding ortho intramolecular Hbond substituents is 1. The molecule has 0 saturated carbocycles. The number of ketones is 1. The van der Waals surface area contributed by atoms with Crippen LogP contribution in [-0.2, 0) is 50.3 Å². The van der Waals surface area contributed by atoms with Crippen molar-refractivity contribution >= 4 is 34.3 Å². The van der Waals surface area contributed by atoms with Gasteiger partial charge in [-0.25, -0.2) is 0 Å². The number of esters is 1. The second-order valence-corrected chi connectivity index (χ2v) is 15.9. The van der Waals surface area contributed by atoms with Crippen LogP contribution in [-0.4, -0.2) is 70.0 Å². The van der Waals surface area contributed by atoms with Gasteiger partial charge in [-0.05, 0) is 102 Å². The number of aromatic nitrogens is 1. The van der Waals surface area contributed by atoms with E-state index >= 15 is 0 Å². The number of carbonyl (C=O) groups is 3. The van der Waals surface area contributed by atoms with Crippen molar-refractivity contribution in [1.82, 2.24) is 15.2 Å². The van der Waals surface area contributed by atoms with Crippen molar-refractivity contribution in [3.63, 3.8) is 0 Å². The first kappa shape index (κ1) is 38.3. The van der Waals surface area contributed by atoms with Gasteiger partial charge in [-0.2, -0.15) is 0 Å². The van der Waals surface area contributed by atoms with Crippen molar-refractivity contribution in [2.45, 2.75) is 69.1 Å². The Hall–Kier alpha value is -5.62. The highest BCUT2D eigenvalue weighted by atomic mass is 16.5. The van der Waals surface area contributed by atoms with Gasteiger partial charge in [-0.15, -0.1) is 0 Å². The fraction of sp³-hybridized carbons (Fsp3) is 0.348. The van der Waals surface area contributed by atoms with E-state index in [1.165, 1.54) is 12.1 Å². The molecular formula is C46H48N4O7. The van der Waals surface area contributed by atoms with E-state index in [1.807, 2.05) is 66.7 Å². The van der Waals surface area contributed by atoms with Crippen molar-refractivity contribution in [3.8, 4) is 5.75 Å². The minimum Gasteiger partial charge on any atom is -0.506 e. The minimum atomic E-state index is -0.969. The van der Waals surface area contributed by atoms with Gasteiger partial charge in [0.25, 0.3) is 0 Å². The van der Waals surface area contributed by atoms with Crippen molar-refractivity contribution in [2.75, 3.05) is 31.5 Å². The normalized spacial score (nSPS) is 21.5. The van der Waals surface area contributed by atoms with E-state index < -0.39 is 11.5 Å². The smallest absolute Gasteiger partial charge is 0.317 e. The Morgan fingerprint density at radius 1 is 0.877 bits per heavy atom. The van der Waals surface area contributed by atoms with Gasteiger partial charge in [0.2, 0.25) is 11.5 Å². The van der Waals surface area contributed by atoms with Crippen LogP contribution in [0.3, 0.4) is 0 Å². The van der Waals surface area contributed by atoms with Crippen LogP contribution in [0.5, 0.6) is 5.75 Å². The number of ether oxygens (including phenoxy) is 1. The number of amides is 1. The quantitative estimate of drug-likeness (QED) is 0.0950. The molecule has 1 aliphatic carbocycles. The number of nitrogens with one attached hydrogen (secondary N) is 3. The summed E-state index contributed by atoms with van der Waals surface area (Å²) in [4.78, 5) is 57.4. The third kappa shape index (κ3) is 8.41. The number of aryl methyl sites for hydroxylation is 1. The van der Waals surface area contributed by atoms with Crippen molar-refractivity contribution < 1.29 is 29.3 Å². The Morgan fingerprint density at radius 2 is 1.60 bits per heavy atom. The van der Waals surface area contributed by atoms with Crippen molar-refractivity contribution in [1.29, 1.82) is 0 Å². The molecule has 11 nitrogen and oxygen atoms in total. The number of H-pyrrole nitrogens is 1. The van der Waals surface area contributed by atoms with E-state index in [9.17, 15) is 29.4 Å². The molecular weight excluding hydrogens is 721 g/mol. The molecule has 3 atom stereocenters. The van der Waals surface area contributed by atoms with Crippen LogP contribution in [0.15, 0.2) is 102 Å². The first-order chi connectivity index (χ1) is 27.6. The van der Waals surface area contributed by atoms with Gasteiger partial charge < -0.3 is 30.6 Å². The lowest BCUT2D eigenvalue weighted by Gasteiger charge is -2.45. The summed E-state index contributed by atoms with van der Waals surface area (Å²) in [5, 5.41) is 27.7. The van der Waals surface area contributed by atoms with E-state index in [2.05, 4.69) is 26.6 Å². The highest BCUT2D eigenvalue weighted by molar-refractivity contribution is 5.94. The summed E-state index contributed by atoms with van der Waals surface area (Å²) in [7, 11) is 0. The van der Waals surface area contributed by atoms with Gasteiger partial charge in [0.1, 0.15) is 23.1 Å². The Morgan fingerprint density at radius 3 is 2.33 bits per heavy atom. The van der Waals surface area contributed by atoms with Gasteiger partial charge in [0.05, 0.1) is 18.0 Å². The molecule has 1 unspecified atom stereocenters. The van der Waals surface area contributed by atoms with Crippen LogP contribution in [0.25, 0.3) is 10.9 Å². The molecule has 1 aromatic heterocycles. The molecule has 9 rings (SSSR count). The Balaban J connectivity index is 0.818. The zero-order chi connectivity index (χ0) is 39.5. The monoisotopic (exact) mass is 768 g/mol. The molecule has 5 aromatic rings. The highest BCUT2D eigenvalue weighted by Crippen LogP contribution is 2.44. The lowest BCUT2D eigenvalue weighted by molar-refractivity contribution is -0.167. The minimum absolute atomic E-state index is 0.0116. The molecule has 1 amide bonds. The van der Waals surface area contributed by atoms with Crippen molar-refractivity contribution in [2.24, 2.45) is 5.92 Å². The number of rotatable bonds is 14. The molecule has 5 N–H and O–H groups in total. The average Bonchev–Trinajstić information content (AvgIpc) is 3.59. The lowest BCUT2D eigenvalue weighted by Crippen LogP contribution is -2.53. The molecule has 294 valence electrons. The fourth-order valence-corrected chi connectivity index (χ4v) is 8.96.